The molecule has 0 aromatic heterocycles. The van der Waals surface area contributed by atoms with E-state index in [1.807, 2.05) is 67.6 Å². The molecule has 4 heteroatoms. The van der Waals surface area contributed by atoms with Crippen molar-refractivity contribution in [3.8, 4) is 0 Å². The van der Waals surface area contributed by atoms with Crippen molar-refractivity contribution < 1.29 is 14.6 Å². The second kappa shape index (κ2) is 6.89. The standard InChI is InChI=1S/C20H21NO3/c1-15-18(19(23)21-12-13-22)14-20(24-15,16-8-4-2-5-9-16)17-10-6-3-7-11-17/h2-11,22H,12-14H2,1H3,(H,21,23). The zero-order valence-electron chi connectivity index (χ0n) is 13.7. The monoisotopic (exact) mass is 323 g/mol. The summed E-state index contributed by atoms with van der Waals surface area (Å²) in [5.41, 5.74) is 1.95. The maximum absolute atomic E-state index is 12.4. The van der Waals surface area contributed by atoms with Crippen LogP contribution in [0.5, 0.6) is 0 Å². The first-order valence-corrected chi connectivity index (χ1v) is 8.06. The van der Waals surface area contributed by atoms with Crippen molar-refractivity contribution in [3.63, 3.8) is 0 Å². The molecule has 1 aliphatic heterocycles. The third-order valence-corrected chi connectivity index (χ3v) is 4.33. The first-order valence-electron chi connectivity index (χ1n) is 8.06. The lowest BCUT2D eigenvalue weighted by atomic mass is 9.82. The molecule has 0 unspecified atom stereocenters. The van der Waals surface area contributed by atoms with Crippen LogP contribution in [0.1, 0.15) is 24.5 Å². The van der Waals surface area contributed by atoms with Gasteiger partial charge < -0.3 is 15.2 Å². The van der Waals surface area contributed by atoms with Crippen LogP contribution in [-0.2, 0) is 15.1 Å². The molecule has 0 saturated heterocycles. The van der Waals surface area contributed by atoms with E-state index in [-0.39, 0.29) is 19.1 Å². The zero-order chi connectivity index (χ0) is 17.0. The normalized spacial score (nSPS) is 15.9. The van der Waals surface area contributed by atoms with E-state index >= 15 is 0 Å². The molecule has 4 nitrogen and oxygen atoms in total. The number of aliphatic hydroxyl groups excluding tert-OH is 1. The molecule has 0 fully saturated rings. The van der Waals surface area contributed by atoms with Crippen molar-refractivity contribution in [3.05, 3.63) is 83.1 Å². The van der Waals surface area contributed by atoms with Crippen LogP contribution >= 0.6 is 0 Å². The molecule has 0 spiro atoms. The minimum absolute atomic E-state index is 0.0819. The van der Waals surface area contributed by atoms with Crippen LogP contribution in [0, 0.1) is 0 Å². The van der Waals surface area contributed by atoms with Crippen LogP contribution in [0.4, 0.5) is 0 Å². The maximum Gasteiger partial charge on any atom is 0.250 e. The number of carbonyl (C=O) groups is 1. The van der Waals surface area contributed by atoms with E-state index in [1.54, 1.807) is 0 Å². The number of allylic oxidation sites excluding steroid dienone is 1. The SMILES string of the molecule is CC1=C(C(=O)NCCO)CC(c2ccccc2)(c2ccccc2)O1. The first kappa shape index (κ1) is 16.3. The van der Waals surface area contributed by atoms with E-state index in [2.05, 4.69) is 5.32 Å². The fourth-order valence-corrected chi connectivity index (χ4v) is 3.15. The van der Waals surface area contributed by atoms with Crippen molar-refractivity contribution in [1.29, 1.82) is 0 Å². The Bertz CT molecular complexity index is 698. The van der Waals surface area contributed by atoms with E-state index in [0.29, 0.717) is 17.8 Å². The summed E-state index contributed by atoms with van der Waals surface area (Å²) < 4.78 is 6.29. The molecule has 2 aromatic rings. The number of hydrogen-bond acceptors (Lipinski definition) is 3. The second-order valence-corrected chi connectivity index (χ2v) is 5.85. The van der Waals surface area contributed by atoms with Gasteiger partial charge in [-0.3, -0.25) is 4.79 Å². The Morgan fingerprint density at radius 3 is 2.12 bits per heavy atom. The van der Waals surface area contributed by atoms with Crippen LogP contribution < -0.4 is 5.32 Å². The van der Waals surface area contributed by atoms with E-state index in [9.17, 15) is 4.79 Å². The van der Waals surface area contributed by atoms with Gasteiger partial charge in [-0.2, -0.15) is 0 Å². The third-order valence-electron chi connectivity index (χ3n) is 4.33. The Hall–Kier alpha value is -2.59. The van der Waals surface area contributed by atoms with Gasteiger partial charge >= 0.3 is 0 Å². The van der Waals surface area contributed by atoms with Gasteiger partial charge in [0, 0.05) is 24.1 Å². The fourth-order valence-electron chi connectivity index (χ4n) is 3.15. The zero-order valence-corrected chi connectivity index (χ0v) is 13.7. The third kappa shape index (κ3) is 2.93. The Balaban J connectivity index is 2.00. The van der Waals surface area contributed by atoms with Gasteiger partial charge in [-0.25, -0.2) is 0 Å². The molecule has 124 valence electrons. The van der Waals surface area contributed by atoms with Crippen LogP contribution in [0.15, 0.2) is 72.0 Å². The summed E-state index contributed by atoms with van der Waals surface area (Å²) in [4.78, 5) is 12.4. The minimum Gasteiger partial charge on any atom is -0.482 e. The molecule has 1 heterocycles. The van der Waals surface area contributed by atoms with Gasteiger partial charge in [-0.15, -0.1) is 0 Å². The Labute approximate surface area is 141 Å². The van der Waals surface area contributed by atoms with E-state index < -0.39 is 5.60 Å². The predicted molar refractivity (Wildman–Crippen MR) is 92.2 cm³/mol. The summed E-state index contributed by atoms with van der Waals surface area (Å²) in [6.07, 6.45) is 0.462. The molecule has 0 atom stereocenters. The molecular formula is C20H21NO3. The lowest BCUT2D eigenvalue weighted by Gasteiger charge is -2.31. The fraction of sp³-hybridized carbons (Fsp3) is 0.250. The number of nitrogens with one attached hydrogen (secondary N) is 1. The van der Waals surface area contributed by atoms with Gasteiger partial charge in [0.15, 0.2) is 5.60 Å². The summed E-state index contributed by atoms with van der Waals surface area (Å²) in [5.74, 6) is 0.438. The molecule has 1 aliphatic rings. The highest BCUT2D eigenvalue weighted by atomic mass is 16.5. The van der Waals surface area contributed by atoms with E-state index in [4.69, 9.17) is 9.84 Å². The Morgan fingerprint density at radius 1 is 1.08 bits per heavy atom. The van der Waals surface area contributed by atoms with Gasteiger partial charge in [-0.1, -0.05) is 60.7 Å². The summed E-state index contributed by atoms with van der Waals surface area (Å²) >= 11 is 0. The molecule has 24 heavy (non-hydrogen) atoms. The molecule has 1 amide bonds. The van der Waals surface area contributed by atoms with Crippen molar-refractivity contribution >= 4 is 5.91 Å². The van der Waals surface area contributed by atoms with Gasteiger partial charge in [0.05, 0.1) is 12.2 Å². The number of ether oxygens (including phenoxy) is 1. The highest BCUT2D eigenvalue weighted by Gasteiger charge is 2.44. The molecular weight excluding hydrogens is 302 g/mol. The smallest absolute Gasteiger partial charge is 0.250 e. The predicted octanol–water partition coefficient (Wildman–Crippen LogP) is 2.73. The molecule has 0 bridgehead atoms. The summed E-state index contributed by atoms with van der Waals surface area (Å²) in [6.45, 7) is 1.97. The largest absolute Gasteiger partial charge is 0.482 e. The van der Waals surface area contributed by atoms with Crippen LogP contribution in [0.2, 0.25) is 0 Å². The highest BCUT2D eigenvalue weighted by Crippen LogP contribution is 2.46. The lowest BCUT2D eigenvalue weighted by molar-refractivity contribution is -0.117. The van der Waals surface area contributed by atoms with Crippen molar-refractivity contribution in [2.45, 2.75) is 18.9 Å². The summed E-state index contributed by atoms with van der Waals surface area (Å²) in [7, 11) is 0. The number of hydrogen-bond donors (Lipinski definition) is 2. The first-order chi connectivity index (χ1) is 11.7. The number of benzene rings is 2. The molecule has 0 radical (unpaired) electrons. The topological polar surface area (TPSA) is 58.6 Å². The van der Waals surface area contributed by atoms with E-state index in [0.717, 1.165) is 11.1 Å². The lowest BCUT2D eigenvalue weighted by Crippen LogP contribution is -2.31. The molecule has 3 rings (SSSR count). The Kier molecular flexibility index (Phi) is 4.67. The van der Waals surface area contributed by atoms with Gasteiger partial charge in [-0.05, 0) is 6.92 Å². The minimum atomic E-state index is -0.696. The average Bonchev–Trinajstić information content (AvgIpc) is 3.00. The number of aliphatic hydroxyl groups is 1. The Morgan fingerprint density at radius 2 is 1.62 bits per heavy atom. The number of rotatable bonds is 5. The van der Waals surface area contributed by atoms with Crippen molar-refractivity contribution in [2.75, 3.05) is 13.2 Å². The number of amides is 1. The molecule has 2 N–H and O–H groups in total. The summed E-state index contributed by atoms with van der Waals surface area (Å²) in [6, 6.07) is 19.9. The molecule has 2 aromatic carbocycles. The van der Waals surface area contributed by atoms with Crippen molar-refractivity contribution in [1.82, 2.24) is 5.32 Å². The number of carbonyl (C=O) groups excluding carboxylic acids is 1. The van der Waals surface area contributed by atoms with Crippen molar-refractivity contribution in [2.24, 2.45) is 0 Å². The van der Waals surface area contributed by atoms with Crippen LogP contribution in [0.25, 0.3) is 0 Å². The average molecular weight is 323 g/mol. The van der Waals surface area contributed by atoms with Gasteiger partial charge in [0.1, 0.15) is 5.76 Å². The summed E-state index contributed by atoms with van der Waals surface area (Å²) in [5, 5.41) is 11.6. The van der Waals surface area contributed by atoms with Gasteiger partial charge in [0.2, 0.25) is 0 Å². The van der Waals surface area contributed by atoms with Crippen LogP contribution in [0.3, 0.4) is 0 Å². The maximum atomic E-state index is 12.4. The molecule has 0 aliphatic carbocycles. The van der Waals surface area contributed by atoms with E-state index in [1.165, 1.54) is 0 Å². The van der Waals surface area contributed by atoms with Gasteiger partial charge in [0.25, 0.3) is 5.91 Å². The second-order valence-electron chi connectivity index (χ2n) is 5.85. The van der Waals surface area contributed by atoms with Crippen LogP contribution in [-0.4, -0.2) is 24.2 Å². The quantitative estimate of drug-likeness (QED) is 0.889. The highest BCUT2D eigenvalue weighted by molar-refractivity contribution is 5.94. The molecule has 0 saturated carbocycles.